The van der Waals surface area contributed by atoms with Gasteiger partial charge in [0.05, 0.1) is 18.7 Å². The Morgan fingerprint density at radius 1 is 1.33 bits per heavy atom. The summed E-state index contributed by atoms with van der Waals surface area (Å²) < 4.78 is 10.7. The standard InChI is InChI=1S/C13H20N4O7/c1-4(18)16-8-5(17-13(14)15)2-7(12(21)22)24-10(8)11-9(20)6(19)3-23-11/h2,5-6,8-11,19-20H,3H2,1H3,(H,16,18)(H,21,22)(H4,14,15,17)/t5-,6+,8+,9+,10+,11+/m0/s1. The third-order valence-electron chi connectivity index (χ3n) is 3.70. The van der Waals surface area contributed by atoms with Gasteiger partial charge in [-0.3, -0.25) is 4.79 Å². The van der Waals surface area contributed by atoms with Gasteiger partial charge in [-0.2, -0.15) is 0 Å². The van der Waals surface area contributed by atoms with E-state index >= 15 is 0 Å². The molecule has 1 fully saturated rings. The fourth-order valence-electron chi connectivity index (χ4n) is 2.71. The number of hydrogen-bond donors (Lipinski definition) is 6. The van der Waals surface area contributed by atoms with Crippen LogP contribution in [0.25, 0.3) is 0 Å². The van der Waals surface area contributed by atoms with Crippen LogP contribution < -0.4 is 16.8 Å². The SMILES string of the molecule is CC(=O)N[C@H]1[C@H]([C@@H]2OC[C@@H](O)[C@H]2O)OC(C(=O)O)=C[C@@H]1N=C(N)N. The number of carbonyl (C=O) groups is 2. The van der Waals surface area contributed by atoms with Gasteiger partial charge >= 0.3 is 5.97 Å². The van der Waals surface area contributed by atoms with E-state index in [0.29, 0.717) is 0 Å². The number of amides is 1. The molecule has 0 saturated carbocycles. The van der Waals surface area contributed by atoms with Crippen molar-refractivity contribution in [3.8, 4) is 0 Å². The monoisotopic (exact) mass is 344 g/mol. The number of nitrogens with one attached hydrogen (secondary N) is 1. The third-order valence-corrected chi connectivity index (χ3v) is 3.70. The number of nitrogens with zero attached hydrogens (tertiary/aromatic N) is 1. The molecule has 0 bridgehead atoms. The van der Waals surface area contributed by atoms with Crippen molar-refractivity contribution in [2.75, 3.05) is 6.61 Å². The number of carboxylic acids is 1. The molecule has 6 atom stereocenters. The highest BCUT2D eigenvalue weighted by molar-refractivity contribution is 5.85. The van der Waals surface area contributed by atoms with Gasteiger partial charge in [0.15, 0.2) is 12.1 Å². The molecule has 2 aliphatic rings. The predicted molar refractivity (Wildman–Crippen MR) is 79.5 cm³/mol. The van der Waals surface area contributed by atoms with Crippen molar-refractivity contribution in [1.82, 2.24) is 5.32 Å². The van der Waals surface area contributed by atoms with Crippen LogP contribution in [-0.4, -0.2) is 76.3 Å². The molecule has 0 aliphatic carbocycles. The van der Waals surface area contributed by atoms with Gasteiger partial charge in [-0.1, -0.05) is 0 Å². The highest BCUT2D eigenvalue weighted by Gasteiger charge is 2.49. The summed E-state index contributed by atoms with van der Waals surface area (Å²) in [6, 6.07) is -1.85. The first-order valence-corrected chi connectivity index (χ1v) is 7.16. The Hall–Kier alpha value is -2.37. The molecule has 0 aromatic heterocycles. The molecule has 134 valence electrons. The first kappa shape index (κ1) is 18.0. The Balaban J connectivity index is 2.41. The van der Waals surface area contributed by atoms with Crippen molar-refractivity contribution in [3.63, 3.8) is 0 Å². The van der Waals surface area contributed by atoms with E-state index in [4.69, 9.17) is 20.9 Å². The first-order chi connectivity index (χ1) is 11.2. The average Bonchev–Trinajstić information content (AvgIpc) is 2.79. The predicted octanol–water partition coefficient (Wildman–Crippen LogP) is -3.38. The second-order valence-corrected chi connectivity index (χ2v) is 5.55. The van der Waals surface area contributed by atoms with Gasteiger partial charge in [-0.05, 0) is 6.08 Å². The number of aliphatic imine (C=N–C) groups is 1. The Morgan fingerprint density at radius 2 is 2.00 bits per heavy atom. The number of aliphatic hydroxyl groups excluding tert-OH is 2. The summed E-state index contributed by atoms with van der Waals surface area (Å²) >= 11 is 0. The quantitative estimate of drug-likeness (QED) is 0.223. The van der Waals surface area contributed by atoms with Crippen LogP contribution in [0.5, 0.6) is 0 Å². The van der Waals surface area contributed by atoms with Crippen LogP contribution in [0.1, 0.15) is 6.92 Å². The minimum atomic E-state index is -1.37. The summed E-state index contributed by atoms with van der Waals surface area (Å²) in [5.74, 6) is -2.58. The van der Waals surface area contributed by atoms with Crippen LogP contribution in [0.4, 0.5) is 0 Å². The lowest BCUT2D eigenvalue weighted by atomic mass is 9.92. The van der Waals surface area contributed by atoms with E-state index in [1.165, 1.54) is 6.92 Å². The number of aliphatic carboxylic acids is 1. The zero-order valence-corrected chi connectivity index (χ0v) is 12.8. The lowest BCUT2D eigenvalue weighted by molar-refractivity contribution is -0.143. The number of nitrogens with two attached hydrogens (primary N) is 2. The molecule has 2 heterocycles. The summed E-state index contributed by atoms with van der Waals surface area (Å²) in [5.41, 5.74) is 10.7. The van der Waals surface area contributed by atoms with Gasteiger partial charge in [0.2, 0.25) is 11.7 Å². The van der Waals surface area contributed by atoms with Crippen LogP contribution >= 0.6 is 0 Å². The largest absolute Gasteiger partial charge is 0.478 e. The van der Waals surface area contributed by atoms with Crippen LogP contribution in [0.3, 0.4) is 0 Å². The van der Waals surface area contributed by atoms with Gasteiger partial charge in [0, 0.05) is 6.92 Å². The highest BCUT2D eigenvalue weighted by atomic mass is 16.6. The molecule has 2 rings (SSSR count). The molecule has 24 heavy (non-hydrogen) atoms. The van der Waals surface area contributed by atoms with E-state index in [1.807, 2.05) is 0 Å². The average molecular weight is 344 g/mol. The van der Waals surface area contributed by atoms with Crippen LogP contribution in [0.2, 0.25) is 0 Å². The summed E-state index contributed by atoms with van der Waals surface area (Å²) in [6.07, 6.45) is -3.52. The van der Waals surface area contributed by atoms with Crippen molar-refractivity contribution in [1.29, 1.82) is 0 Å². The van der Waals surface area contributed by atoms with Crippen molar-refractivity contribution < 1.29 is 34.4 Å². The van der Waals surface area contributed by atoms with Crippen molar-refractivity contribution in [3.05, 3.63) is 11.8 Å². The second-order valence-electron chi connectivity index (χ2n) is 5.55. The van der Waals surface area contributed by atoms with Crippen LogP contribution in [0, 0.1) is 0 Å². The molecule has 0 spiro atoms. The maximum absolute atomic E-state index is 11.5. The molecule has 0 radical (unpaired) electrons. The molecule has 2 aliphatic heterocycles. The molecule has 1 amide bonds. The molecular weight excluding hydrogens is 324 g/mol. The van der Waals surface area contributed by atoms with Gasteiger partial charge in [0.1, 0.15) is 18.3 Å². The molecule has 0 unspecified atom stereocenters. The maximum Gasteiger partial charge on any atom is 0.370 e. The van der Waals surface area contributed by atoms with Crippen LogP contribution in [-0.2, 0) is 19.1 Å². The Kier molecular flexibility index (Phi) is 5.26. The lowest BCUT2D eigenvalue weighted by Gasteiger charge is -2.38. The highest BCUT2D eigenvalue weighted by Crippen LogP contribution is 2.29. The molecule has 8 N–H and O–H groups in total. The van der Waals surface area contributed by atoms with E-state index in [1.54, 1.807) is 0 Å². The number of carboxylic acid groups (broad SMARTS) is 1. The third kappa shape index (κ3) is 3.75. The van der Waals surface area contributed by atoms with E-state index in [-0.39, 0.29) is 12.6 Å². The number of hydrogen-bond acceptors (Lipinski definition) is 7. The van der Waals surface area contributed by atoms with Crippen LogP contribution in [0.15, 0.2) is 16.8 Å². The van der Waals surface area contributed by atoms with Gasteiger partial charge in [-0.15, -0.1) is 0 Å². The summed E-state index contributed by atoms with van der Waals surface area (Å²) in [7, 11) is 0. The smallest absolute Gasteiger partial charge is 0.370 e. The lowest BCUT2D eigenvalue weighted by Crippen LogP contribution is -2.59. The van der Waals surface area contributed by atoms with Gasteiger partial charge < -0.3 is 41.6 Å². The zero-order chi connectivity index (χ0) is 18.0. The van der Waals surface area contributed by atoms with Gasteiger partial charge in [-0.25, -0.2) is 9.79 Å². The summed E-state index contributed by atoms with van der Waals surface area (Å²) in [6.45, 7) is 1.10. The Morgan fingerprint density at radius 3 is 2.46 bits per heavy atom. The topological polar surface area (TPSA) is 190 Å². The Bertz CT molecular complexity index is 575. The van der Waals surface area contributed by atoms with Crippen molar-refractivity contribution in [2.45, 2.75) is 43.4 Å². The number of carbonyl (C=O) groups excluding carboxylic acids is 1. The summed E-state index contributed by atoms with van der Waals surface area (Å²) in [4.78, 5) is 26.7. The Labute approximate surface area is 136 Å². The van der Waals surface area contributed by atoms with E-state index < -0.39 is 54.1 Å². The van der Waals surface area contributed by atoms with Crippen molar-refractivity contribution >= 4 is 17.8 Å². The minimum Gasteiger partial charge on any atom is -0.478 e. The molecule has 0 aromatic carbocycles. The summed E-state index contributed by atoms with van der Waals surface area (Å²) in [5, 5.41) is 31.4. The number of guanidine groups is 1. The minimum absolute atomic E-state index is 0.155. The van der Waals surface area contributed by atoms with Gasteiger partial charge in [0.25, 0.3) is 0 Å². The second kappa shape index (κ2) is 7.03. The molecule has 0 aromatic rings. The van der Waals surface area contributed by atoms with E-state index in [2.05, 4.69) is 10.3 Å². The number of aliphatic hydroxyl groups is 2. The normalized spacial score (nSPS) is 35.5. The van der Waals surface area contributed by atoms with Crippen molar-refractivity contribution in [2.24, 2.45) is 16.5 Å². The fraction of sp³-hybridized carbons (Fsp3) is 0.615. The fourth-order valence-corrected chi connectivity index (χ4v) is 2.71. The number of ether oxygens (including phenoxy) is 2. The molecular formula is C13H20N4O7. The van der Waals surface area contributed by atoms with E-state index in [9.17, 15) is 24.9 Å². The molecule has 1 saturated heterocycles. The zero-order valence-electron chi connectivity index (χ0n) is 12.8. The first-order valence-electron chi connectivity index (χ1n) is 7.16. The van der Waals surface area contributed by atoms with E-state index in [0.717, 1.165) is 6.08 Å². The number of rotatable bonds is 4. The molecule has 11 nitrogen and oxygen atoms in total. The molecule has 11 heteroatoms. The maximum atomic E-state index is 11.5.